The Morgan fingerprint density at radius 2 is 1.61 bits per heavy atom. The maximum Gasteiger partial charge on any atom is 0.573 e. The van der Waals surface area contributed by atoms with Gasteiger partial charge in [0.05, 0.1) is 12.1 Å². The number of piperazine rings is 1. The van der Waals surface area contributed by atoms with Crippen LogP contribution in [0, 0.1) is 0 Å². The van der Waals surface area contributed by atoms with Crippen molar-refractivity contribution in [1.82, 2.24) is 9.88 Å². The van der Waals surface area contributed by atoms with E-state index >= 15 is 0 Å². The highest BCUT2D eigenvalue weighted by atomic mass is 19.4. The van der Waals surface area contributed by atoms with Gasteiger partial charge in [0, 0.05) is 38.1 Å². The minimum atomic E-state index is -4.79. The summed E-state index contributed by atoms with van der Waals surface area (Å²) in [6.45, 7) is 2.02. The summed E-state index contributed by atoms with van der Waals surface area (Å²) in [4.78, 5) is 19.7. The molecule has 2 heterocycles. The van der Waals surface area contributed by atoms with Gasteiger partial charge in [0.1, 0.15) is 11.6 Å². The van der Waals surface area contributed by atoms with E-state index in [2.05, 4.69) is 15.0 Å². The number of nitrogens with zero attached hydrogens (tertiary/aromatic N) is 3. The number of nitrogens with one attached hydrogen (secondary N) is 1. The third-order valence-corrected chi connectivity index (χ3v) is 4.51. The predicted molar refractivity (Wildman–Crippen MR) is 99.6 cm³/mol. The fourth-order valence-corrected chi connectivity index (χ4v) is 3.02. The first kappa shape index (κ1) is 22.7. The number of halogens is 6. The summed E-state index contributed by atoms with van der Waals surface area (Å²) >= 11 is 0. The van der Waals surface area contributed by atoms with Gasteiger partial charge < -0.3 is 15.0 Å². The molecule has 0 radical (unpaired) electrons. The lowest BCUT2D eigenvalue weighted by Gasteiger charge is -2.35. The number of pyridine rings is 1. The number of hydrogen-bond donors (Lipinski definition) is 1. The Morgan fingerprint density at radius 1 is 0.968 bits per heavy atom. The molecule has 1 N–H and O–H groups in total. The van der Waals surface area contributed by atoms with E-state index in [4.69, 9.17) is 0 Å². The zero-order valence-electron chi connectivity index (χ0n) is 16.0. The molecule has 0 aliphatic carbocycles. The van der Waals surface area contributed by atoms with E-state index in [-0.39, 0.29) is 12.5 Å². The number of amides is 1. The van der Waals surface area contributed by atoms with E-state index in [1.165, 1.54) is 18.2 Å². The highest BCUT2D eigenvalue weighted by molar-refractivity contribution is 5.92. The second kappa shape index (κ2) is 9.00. The predicted octanol–water partition coefficient (Wildman–Crippen LogP) is 3.76. The minimum Gasteiger partial charge on any atom is -0.406 e. The van der Waals surface area contributed by atoms with Crippen molar-refractivity contribution in [3.63, 3.8) is 0 Å². The van der Waals surface area contributed by atoms with Gasteiger partial charge in [-0.15, -0.1) is 13.2 Å². The average Bonchev–Trinajstić information content (AvgIpc) is 2.68. The molecule has 31 heavy (non-hydrogen) atoms. The smallest absolute Gasteiger partial charge is 0.406 e. The summed E-state index contributed by atoms with van der Waals surface area (Å²) in [5.41, 5.74) is -0.489. The molecule has 6 nitrogen and oxygen atoms in total. The molecule has 1 aliphatic heterocycles. The molecule has 168 valence electrons. The van der Waals surface area contributed by atoms with Crippen LogP contribution in [0.2, 0.25) is 0 Å². The van der Waals surface area contributed by atoms with Gasteiger partial charge >= 0.3 is 12.5 Å². The first-order chi connectivity index (χ1) is 14.5. The Balaban J connectivity index is 1.45. The van der Waals surface area contributed by atoms with Crippen molar-refractivity contribution in [3.05, 3.63) is 48.2 Å². The minimum absolute atomic E-state index is 0.0646. The number of ether oxygens (including phenoxy) is 1. The van der Waals surface area contributed by atoms with E-state index in [9.17, 15) is 31.1 Å². The quantitative estimate of drug-likeness (QED) is 0.707. The van der Waals surface area contributed by atoms with Gasteiger partial charge in [-0.25, -0.2) is 4.98 Å². The van der Waals surface area contributed by atoms with Crippen LogP contribution >= 0.6 is 0 Å². The number of hydrogen-bond acceptors (Lipinski definition) is 5. The topological polar surface area (TPSA) is 57.7 Å². The SMILES string of the molecule is O=C(CN1CCN(c2ccc(C(F)(F)F)cn2)CC1)Nc1ccc(OC(F)(F)F)cc1. The fraction of sp³-hybridized carbons (Fsp3) is 0.368. The normalized spacial score (nSPS) is 15.6. The van der Waals surface area contributed by atoms with Gasteiger partial charge in [0.2, 0.25) is 5.91 Å². The van der Waals surface area contributed by atoms with Crippen LogP contribution < -0.4 is 15.0 Å². The lowest BCUT2D eigenvalue weighted by atomic mass is 10.2. The first-order valence-electron chi connectivity index (χ1n) is 9.16. The Bertz CT molecular complexity index is 876. The van der Waals surface area contributed by atoms with Crippen LogP contribution in [-0.2, 0) is 11.0 Å². The van der Waals surface area contributed by atoms with Crippen molar-refractivity contribution in [3.8, 4) is 5.75 Å². The summed E-state index contributed by atoms with van der Waals surface area (Å²) in [6, 6.07) is 7.09. The molecule has 0 unspecified atom stereocenters. The van der Waals surface area contributed by atoms with Crippen molar-refractivity contribution < 1.29 is 35.9 Å². The molecular weight excluding hydrogens is 430 g/mol. The zero-order chi connectivity index (χ0) is 22.6. The number of benzene rings is 1. The number of alkyl halides is 6. The van der Waals surface area contributed by atoms with E-state index in [0.29, 0.717) is 37.7 Å². The van der Waals surface area contributed by atoms with Crippen molar-refractivity contribution in [2.75, 3.05) is 42.9 Å². The van der Waals surface area contributed by atoms with Crippen molar-refractivity contribution >= 4 is 17.4 Å². The van der Waals surface area contributed by atoms with Crippen molar-refractivity contribution in [2.24, 2.45) is 0 Å². The lowest BCUT2D eigenvalue weighted by molar-refractivity contribution is -0.274. The second-order valence-electron chi connectivity index (χ2n) is 6.79. The third-order valence-electron chi connectivity index (χ3n) is 4.51. The molecule has 3 rings (SSSR count). The fourth-order valence-electron chi connectivity index (χ4n) is 3.02. The average molecular weight is 448 g/mol. The Hall–Kier alpha value is -3.02. The van der Waals surface area contributed by atoms with Crippen LogP contribution in [0.3, 0.4) is 0 Å². The van der Waals surface area contributed by atoms with Crippen LogP contribution in [0.15, 0.2) is 42.6 Å². The van der Waals surface area contributed by atoms with Crippen LogP contribution in [0.4, 0.5) is 37.8 Å². The van der Waals surface area contributed by atoms with Crippen molar-refractivity contribution in [2.45, 2.75) is 12.5 Å². The highest BCUT2D eigenvalue weighted by Gasteiger charge is 2.32. The summed E-state index contributed by atoms with van der Waals surface area (Å²) in [6.07, 6.45) is -8.44. The van der Waals surface area contributed by atoms with E-state index in [0.717, 1.165) is 24.4 Å². The van der Waals surface area contributed by atoms with Gasteiger partial charge in [-0.1, -0.05) is 0 Å². The summed E-state index contributed by atoms with van der Waals surface area (Å²) in [7, 11) is 0. The van der Waals surface area contributed by atoms with Crippen molar-refractivity contribution in [1.29, 1.82) is 0 Å². The molecule has 1 amide bonds. The molecule has 1 aromatic carbocycles. The van der Waals surface area contributed by atoms with E-state index < -0.39 is 23.9 Å². The molecule has 1 aromatic heterocycles. The monoisotopic (exact) mass is 448 g/mol. The number of carbonyl (C=O) groups is 1. The molecule has 12 heteroatoms. The van der Waals surface area contributed by atoms with Gasteiger partial charge in [0.15, 0.2) is 0 Å². The molecule has 2 aromatic rings. The molecule has 1 saturated heterocycles. The molecule has 1 aliphatic rings. The standard InChI is InChI=1S/C19H18F6N4O2/c20-18(21,22)13-1-6-16(26-11-13)29-9-7-28(8-10-29)12-17(30)27-14-2-4-15(5-3-14)31-19(23,24)25/h1-6,11H,7-10,12H2,(H,27,30). The molecular formula is C19H18F6N4O2. The molecule has 0 spiro atoms. The summed E-state index contributed by atoms with van der Waals surface area (Å²) in [5, 5.41) is 2.59. The molecule has 0 bridgehead atoms. The van der Waals surface area contributed by atoms with Gasteiger partial charge in [-0.2, -0.15) is 13.2 Å². The summed E-state index contributed by atoms with van der Waals surface area (Å²) in [5.74, 6) is -0.303. The molecule has 0 atom stereocenters. The van der Waals surface area contributed by atoms with Crippen LogP contribution in [0.25, 0.3) is 0 Å². The van der Waals surface area contributed by atoms with Crippen LogP contribution in [0.5, 0.6) is 5.75 Å². The highest BCUT2D eigenvalue weighted by Crippen LogP contribution is 2.29. The number of anilines is 2. The maximum absolute atomic E-state index is 12.6. The largest absolute Gasteiger partial charge is 0.573 e. The van der Waals surface area contributed by atoms with E-state index in [1.807, 2.05) is 9.80 Å². The van der Waals surface area contributed by atoms with Gasteiger partial charge in [-0.3, -0.25) is 9.69 Å². The van der Waals surface area contributed by atoms with Gasteiger partial charge in [0.25, 0.3) is 0 Å². The van der Waals surface area contributed by atoms with Crippen LogP contribution in [0.1, 0.15) is 5.56 Å². The van der Waals surface area contributed by atoms with Gasteiger partial charge in [-0.05, 0) is 36.4 Å². The van der Waals surface area contributed by atoms with E-state index in [1.54, 1.807) is 0 Å². The zero-order valence-corrected chi connectivity index (χ0v) is 16.0. The Kier molecular flexibility index (Phi) is 6.58. The van der Waals surface area contributed by atoms with Crippen LogP contribution in [-0.4, -0.2) is 54.9 Å². The number of carbonyl (C=O) groups excluding carboxylic acids is 1. The Morgan fingerprint density at radius 3 is 2.13 bits per heavy atom. The summed E-state index contributed by atoms with van der Waals surface area (Å²) < 4.78 is 78.1. The Labute approximate surface area is 173 Å². The molecule has 0 saturated carbocycles. The third kappa shape index (κ3) is 6.74. The second-order valence-corrected chi connectivity index (χ2v) is 6.79. The lowest BCUT2D eigenvalue weighted by Crippen LogP contribution is -2.48. The number of rotatable bonds is 5. The molecule has 1 fully saturated rings. The maximum atomic E-state index is 12.6. The number of aromatic nitrogens is 1. The first-order valence-corrected chi connectivity index (χ1v) is 9.16.